The van der Waals surface area contributed by atoms with Crippen molar-refractivity contribution in [1.29, 1.82) is 0 Å². The fourth-order valence-electron chi connectivity index (χ4n) is 3.95. The van der Waals surface area contributed by atoms with Crippen molar-refractivity contribution in [3.8, 4) is 11.1 Å². The number of aromatic nitrogens is 3. The van der Waals surface area contributed by atoms with Gasteiger partial charge in [-0.15, -0.1) is 0 Å². The minimum Gasteiger partial charge on any atom is -0.379 e. The van der Waals surface area contributed by atoms with E-state index in [9.17, 15) is 9.18 Å². The monoisotopic (exact) mass is 447 g/mol. The van der Waals surface area contributed by atoms with Crippen molar-refractivity contribution in [2.24, 2.45) is 0 Å². The Labute approximate surface area is 191 Å². The zero-order valence-corrected chi connectivity index (χ0v) is 18.3. The van der Waals surface area contributed by atoms with Crippen LogP contribution in [0.2, 0.25) is 0 Å². The van der Waals surface area contributed by atoms with Gasteiger partial charge in [-0.1, -0.05) is 12.1 Å². The molecule has 0 bridgehead atoms. The van der Waals surface area contributed by atoms with Crippen molar-refractivity contribution in [2.75, 3.05) is 31.6 Å². The zero-order valence-electron chi connectivity index (χ0n) is 18.3. The maximum Gasteiger partial charge on any atom is 0.248 e. The van der Waals surface area contributed by atoms with Gasteiger partial charge in [-0.2, -0.15) is 5.10 Å². The molecule has 0 unspecified atom stereocenters. The maximum absolute atomic E-state index is 14.6. The van der Waals surface area contributed by atoms with Crippen LogP contribution in [0.15, 0.2) is 55.1 Å². The van der Waals surface area contributed by atoms with Crippen LogP contribution in [0.3, 0.4) is 0 Å². The number of hydrogen-bond donors (Lipinski definition) is 1. The lowest BCUT2D eigenvalue weighted by molar-refractivity contribution is -0.111. The molecule has 33 heavy (non-hydrogen) atoms. The molecular weight excluding hydrogens is 421 g/mol. The number of ether oxygens (including phenoxy) is 1. The predicted molar refractivity (Wildman–Crippen MR) is 124 cm³/mol. The molecule has 1 amide bonds. The molecule has 1 saturated heterocycles. The van der Waals surface area contributed by atoms with Crippen LogP contribution in [0.5, 0.6) is 0 Å². The Kier molecular flexibility index (Phi) is 6.28. The van der Waals surface area contributed by atoms with Gasteiger partial charge in [0.05, 0.1) is 31.6 Å². The van der Waals surface area contributed by atoms with Crippen molar-refractivity contribution < 1.29 is 13.9 Å². The average Bonchev–Trinajstić information content (AvgIpc) is 3.57. The first kappa shape index (κ1) is 21.5. The van der Waals surface area contributed by atoms with E-state index < -0.39 is 5.82 Å². The van der Waals surface area contributed by atoms with Gasteiger partial charge in [-0.25, -0.2) is 4.39 Å². The number of amides is 1. The number of nitrogens with one attached hydrogen (secondary N) is 1. The van der Waals surface area contributed by atoms with Gasteiger partial charge in [0.2, 0.25) is 5.91 Å². The third kappa shape index (κ3) is 5.35. The number of rotatable bonds is 7. The number of benzene rings is 1. The number of carbonyl (C=O) groups is 1. The molecule has 170 valence electrons. The molecule has 3 aromatic rings. The van der Waals surface area contributed by atoms with Crippen LogP contribution in [-0.4, -0.2) is 51.9 Å². The molecule has 3 heterocycles. The Hall–Kier alpha value is -3.36. The number of hydrogen-bond acceptors (Lipinski definition) is 5. The standard InChI is InChI=1S/C25H26FN5O2/c26-23-15-27-13-19(25(23)20-14-28-31(17-20)22-6-7-22)3-8-24(32)29-21-4-1-18(2-5-21)16-30-9-11-33-12-10-30/h1-5,8,13-15,17,22H,6-7,9-12,16H2,(H,29,32)/b8-3+. The second kappa shape index (κ2) is 9.64. The van der Waals surface area contributed by atoms with Gasteiger partial charge in [0, 0.05) is 60.5 Å². The second-order valence-corrected chi connectivity index (χ2v) is 8.43. The highest BCUT2D eigenvalue weighted by molar-refractivity contribution is 6.02. The highest BCUT2D eigenvalue weighted by Crippen LogP contribution is 2.36. The number of carbonyl (C=O) groups excluding carboxylic acids is 1. The fraction of sp³-hybridized carbons (Fsp3) is 0.320. The van der Waals surface area contributed by atoms with Gasteiger partial charge < -0.3 is 10.1 Å². The van der Waals surface area contributed by atoms with E-state index in [4.69, 9.17) is 4.74 Å². The summed E-state index contributed by atoms with van der Waals surface area (Å²) in [5, 5.41) is 7.20. The van der Waals surface area contributed by atoms with Crippen molar-refractivity contribution >= 4 is 17.7 Å². The number of morpholine rings is 1. The molecule has 1 aliphatic heterocycles. The Balaban J connectivity index is 1.24. The molecule has 2 aliphatic rings. The average molecular weight is 448 g/mol. The Morgan fingerprint density at radius 1 is 1.15 bits per heavy atom. The first-order valence-electron chi connectivity index (χ1n) is 11.2. The molecule has 1 aromatic carbocycles. The summed E-state index contributed by atoms with van der Waals surface area (Å²) in [6.45, 7) is 4.27. The van der Waals surface area contributed by atoms with E-state index >= 15 is 0 Å². The summed E-state index contributed by atoms with van der Waals surface area (Å²) < 4.78 is 21.9. The highest BCUT2D eigenvalue weighted by Gasteiger charge is 2.25. The topological polar surface area (TPSA) is 72.3 Å². The first-order valence-corrected chi connectivity index (χ1v) is 11.2. The molecule has 0 spiro atoms. The van der Waals surface area contributed by atoms with Gasteiger partial charge in [0.25, 0.3) is 0 Å². The molecule has 7 nitrogen and oxygen atoms in total. The smallest absolute Gasteiger partial charge is 0.248 e. The first-order chi connectivity index (χ1) is 16.2. The molecule has 8 heteroatoms. The van der Waals surface area contributed by atoms with E-state index in [0.29, 0.717) is 28.4 Å². The van der Waals surface area contributed by atoms with Gasteiger partial charge in [0.1, 0.15) is 5.82 Å². The maximum atomic E-state index is 14.6. The summed E-state index contributed by atoms with van der Waals surface area (Å²) in [6.07, 6.45) is 11.4. The van der Waals surface area contributed by atoms with Crippen LogP contribution >= 0.6 is 0 Å². The van der Waals surface area contributed by atoms with E-state index in [1.54, 1.807) is 18.5 Å². The molecule has 5 rings (SSSR count). The van der Waals surface area contributed by atoms with Crippen LogP contribution in [0.4, 0.5) is 10.1 Å². The van der Waals surface area contributed by atoms with E-state index in [0.717, 1.165) is 45.7 Å². The number of pyridine rings is 1. The molecule has 1 aliphatic carbocycles. The van der Waals surface area contributed by atoms with Crippen LogP contribution in [0, 0.1) is 5.82 Å². The molecule has 0 atom stereocenters. The minimum absolute atomic E-state index is 0.292. The summed E-state index contributed by atoms with van der Waals surface area (Å²) in [5.41, 5.74) is 3.50. The summed E-state index contributed by atoms with van der Waals surface area (Å²) in [7, 11) is 0. The number of halogens is 1. The normalized spacial score (nSPS) is 16.9. The number of anilines is 1. The summed E-state index contributed by atoms with van der Waals surface area (Å²) in [6, 6.07) is 8.22. The Morgan fingerprint density at radius 2 is 1.94 bits per heavy atom. The van der Waals surface area contributed by atoms with Gasteiger partial charge in [-0.3, -0.25) is 19.4 Å². The summed E-state index contributed by atoms with van der Waals surface area (Å²) in [4.78, 5) is 18.8. The summed E-state index contributed by atoms with van der Waals surface area (Å²) in [5.74, 6) is -0.733. The lowest BCUT2D eigenvalue weighted by Crippen LogP contribution is -2.35. The third-order valence-corrected chi connectivity index (χ3v) is 5.89. The molecular formula is C25H26FN5O2. The van der Waals surface area contributed by atoms with Crippen LogP contribution in [0.1, 0.15) is 30.0 Å². The molecule has 2 fully saturated rings. The lowest BCUT2D eigenvalue weighted by Gasteiger charge is -2.26. The summed E-state index contributed by atoms with van der Waals surface area (Å²) >= 11 is 0. The van der Waals surface area contributed by atoms with Crippen molar-refractivity contribution in [3.05, 3.63) is 72.1 Å². The van der Waals surface area contributed by atoms with E-state index in [1.165, 1.54) is 17.8 Å². The highest BCUT2D eigenvalue weighted by atomic mass is 19.1. The van der Waals surface area contributed by atoms with E-state index in [2.05, 4.69) is 20.3 Å². The fourth-order valence-corrected chi connectivity index (χ4v) is 3.95. The van der Waals surface area contributed by atoms with Crippen molar-refractivity contribution in [2.45, 2.75) is 25.4 Å². The number of nitrogens with zero attached hydrogens (tertiary/aromatic N) is 4. The second-order valence-electron chi connectivity index (χ2n) is 8.43. The van der Waals surface area contributed by atoms with E-state index in [1.807, 2.05) is 35.1 Å². The molecule has 1 N–H and O–H groups in total. The minimum atomic E-state index is -0.441. The van der Waals surface area contributed by atoms with Crippen molar-refractivity contribution in [1.82, 2.24) is 19.7 Å². The SMILES string of the molecule is O=C(/C=C/c1cncc(F)c1-c1cnn(C2CC2)c1)Nc1ccc(CN2CCOCC2)cc1. The van der Waals surface area contributed by atoms with Crippen LogP contribution in [-0.2, 0) is 16.1 Å². The molecule has 2 aromatic heterocycles. The van der Waals surface area contributed by atoms with Crippen LogP contribution in [0.25, 0.3) is 17.2 Å². The van der Waals surface area contributed by atoms with Crippen molar-refractivity contribution in [3.63, 3.8) is 0 Å². The Morgan fingerprint density at radius 3 is 2.70 bits per heavy atom. The lowest BCUT2D eigenvalue weighted by atomic mass is 10.0. The third-order valence-electron chi connectivity index (χ3n) is 5.89. The zero-order chi connectivity index (χ0) is 22.6. The van der Waals surface area contributed by atoms with Crippen LogP contribution < -0.4 is 5.32 Å². The largest absolute Gasteiger partial charge is 0.379 e. The Bertz CT molecular complexity index is 1150. The predicted octanol–water partition coefficient (Wildman–Crippen LogP) is 3.90. The van der Waals surface area contributed by atoms with E-state index in [-0.39, 0.29) is 5.91 Å². The van der Waals surface area contributed by atoms with Gasteiger partial charge in [-0.05, 0) is 36.6 Å². The molecule has 1 saturated carbocycles. The van der Waals surface area contributed by atoms with Gasteiger partial charge >= 0.3 is 0 Å². The molecule has 0 radical (unpaired) electrons. The quantitative estimate of drug-likeness (QED) is 0.556. The van der Waals surface area contributed by atoms with Gasteiger partial charge in [0.15, 0.2) is 0 Å².